The van der Waals surface area contributed by atoms with E-state index in [2.05, 4.69) is 0 Å². The molecular formula is C11H20ClNO3. The number of hydrogen-bond donors (Lipinski definition) is 2. The molecule has 0 spiro atoms. The Morgan fingerprint density at radius 2 is 1.81 bits per heavy atom. The van der Waals surface area contributed by atoms with Gasteiger partial charge in [-0.05, 0) is 19.3 Å². The van der Waals surface area contributed by atoms with Crippen LogP contribution in [0.2, 0.25) is 0 Å². The summed E-state index contributed by atoms with van der Waals surface area (Å²) in [4.78, 5) is 13.5. The number of aliphatic hydroxyl groups is 2. The standard InChI is InChI=1S/C11H20ClNO3/c12-5-1-2-10(16)13-6-3-11(8-14,9-15)4-7-13/h14-15H,1-9H2. The third kappa shape index (κ3) is 3.34. The minimum atomic E-state index is -0.386. The lowest BCUT2D eigenvalue weighted by Crippen LogP contribution is -2.46. The number of rotatable bonds is 5. The second-order valence-corrected chi connectivity index (χ2v) is 4.87. The van der Waals surface area contributed by atoms with Crippen molar-refractivity contribution in [2.24, 2.45) is 5.41 Å². The minimum Gasteiger partial charge on any atom is -0.396 e. The summed E-state index contributed by atoms with van der Waals surface area (Å²) < 4.78 is 0. The van der Waals surface area contributed by atoms with Gasteiger partial charge in [0, 0.05) is 30.8 Å². The fourth-order valence-electron chi connectivity index (χ4n) is 1.97. The Labute approximate surface area is 101 Å². The SMILES string of the molecule is O=C(CCCCl)N1CCC(CO)(CO)CC1. The molecule has 2 N–H and O–H groups in total. The number of likely N-dealkylation sites (tertiary alicyclic amines) is 1. The molecule has 1 saturated heterocycles. The maximum Gasteiger partial charge on any atom is 0.222 e. The van der Waals surface area contributed by atoms with Crippen LogP contribution in [0.5, 0.6) is 0 Å². The van der Waals surface area contributed by atoms with E-state index >= 15 is 0 Å². The van der Waals surface area contributed by atoms with Gasteiger partial charge in [0.25, 0.3) is 0 Å². The normalized spacial score (nSPS) is 19.8. The number of halogens is 1. The van der Waals surface area contributed by atoms with Crippen LogP contribution in [0, 0.1) is 5.41 Å². The first-order valence-electron chi connectivity index (χ1n) is 5.73. The summed E-state index contributed by atoms with van der Waals surface area (Å²) >= 11 is 5.54. The van der Waals surface area contributed by atoms with Crippen molar-refractivity contribution in [3.05, 3.63) is 0 Å². The van der Waals surface area contributed by atoms with Crippen molar-refractivity contribution in [1.29, 1.82) is 0 Å². The number of carbonyl (C=O) groups excluding carboxylic acids is 1. The van der Waals surface area contributed by atoms with Crippen molar-refractivity contribution in [2.45, 2.75) is 25.7 Å². The quantitative estimate of drug-likeness (QED) is 0.702. The molecule has 1 amide bonds. The first kappa shape index (κ1) is 13.7. The molecule has 1 rings (SSSR count). The van der Waals surface area contributed by atoms with Crippen LogP contribution >= 0.6 is 11.6 Å². The van der Waals surface area contributed by atoms with Crippen LogP contribution in [0.15, 0.2) is 0 Å². The highest BCUT2D eigenvalue weighted by Gasteiger charge is 2.34. The maximum atomic E-state index is 11.7. The number of piperidine rings is 1. The van der Waals surface area contributed by atoms with Gasteiger partial charge in [0.05, 0.1) is 13.2 Å². The molecule has 0 radical (unpaired) electrons. The highest BCUT2D eigenvalue weighted by molar-refractivity contribution is 6.17. The molecule has 1 aliphatic rings. The number of amides is 1. The number of nitrogens with zero attached hydrogens (tertiary/aromatic N) is 1. The summed E-state index contributed by atoms with van der Waals surface area (Å²) in [6, 6.07) is 0. The summed E-state index contributed by atoms with van der Waals surface area (Å²) in [7, 11) is 0. The Morgan fingerprint density at radius 3 is 2.25 bits per heavy atom. The van der Waals surface area contributed by atoms with Gasteiger partial charge in [0.15, 0.2) is 0 Å². The largest absolute Gasteiger partial charge is 0.396 e. The molecule has 1 aliphatic heterocycles. The average Bonchev–Trinajstić information content (AvgIpc) is 2.36. The van der Waals surface area contributed by atoms with E-state index in [1.165, 1.54) is 0 Å². The fraction of sp³-hybridized carbons (Fsp3) is 0.909. The molecule has 1 fully saturated rings. The molecule has 94 valence electrons. The van der Waals surface area contributed by atoms with Crippen molar-refractivity contribution in [3.8, 4) is 0 Å². The van der Waals surface area contributed by atoms with E-state index in [1.807, 2.05) is 0 Å². The third-order valence-corrected chi connectivity index (χ3v) is 3.64. The molecule has 0 aliphatic carbocycles. The zero-order valence-electron chi connectivity index (χ0n) is 9.49. The molecule has 0 unspecified atom stereocenters. The second-order valence-electron chi connectivity index (χ2n) is 4.49. The lowest BCUT2D eigenvalue weighted by molar-refractivity contribution is -0.134. The van der Waals surface area contributed by atoms with Gasteiger partial charge in [-0.2, -0.15) is 0 Å². The van der Waals surface area contributed by atoms with Crippen molar-refractivity contribution in [2.75, 3.05) is 32.2 Å². The molecule has 0 atom stereocenters. The minimum absolute atomic E-state index is 0.00674. The zero-order valence-corrected chi connectivity index (χ0v) is 10.2. The Kier molecular flexibility index (Phi) is 5.52. The molecule has 0 aromatic heterocycles. The number of carbonyl (C=O) groups is 1. The predicted octanol–water partition coefficient (Wildman–Crippen LogP) is 0.599. The monoisotopic (exact) mass is 249 g/mol. The lowest BCUT2D eigenvalue weighted by atomic mass is 9.80. The van der Waals surface area contributed by atoms with Crippen molar-refractivity contribution in [3.63, 3.8) is 0 Å². The van der Waals surface area contributed by atoms with Crippen LogP contribution in [-0.2, 0) is 4.79 Å². The van der Waals surface area contributed by atoms with E-state index in [9.17, 15) is 15.0 Å². The van der Waals surface area contributed by atoms with E-state index < -0.39 is 0 Å². The average molecular weight is 250 g/mol. The molecule has 5 heteroatoms. The first-order chi connectivity index (χ1) is 7.67. The molecule has 0 bridgehead atoms. The van der Waals surface area contributed by atoms with Crippen LogP contribution in [0.1, 0.15) is 25.7 Å². The molecular weight excluding hydrogens is 230 g/mol. The van der Waals surface area contributed by atoms with E-state index in [4.69, 9.17) is 11.6 Å². The number of aliphatic hydroxyl groups excluding tert-OH is 2. The molecule has 1 heterocycles. The Bertz CT molecular complexity index is 221. The Morgan fingerprint density at radius 1 is 1.25 bits per heavy atom. The number of hydrogen-bond acceptors (Lipinski definition) is 3. The molecule has 4 nitrogen and oxygen atoms in total. The van der Waals surface area contributed by atoms with Gasteiger partial charge < -0.3 is 15.1 Å². The van der Waals surface area contributed by atoms with Gasteiger partial charge in [-0.1, -0.05) is 0 Å². The second kappa shape index (κ2) is 6.42. The van der Waals surface area contributed by atoms with Crippen LogP contribution in [0.4, 0.5) is 0 Å². The maximum absolute atomic E-state index is 11.7. The van der Waals surface area contributed by atoms with Crippen LogP contribution < -0.4 is 0 Å². The summed E-state index contributed by atoms with van der Waals surface area (Å²) in [5.41, 5.74) is -0.386. The van der Waals surface area contributed by atoms with Crippen molar-refractivity contribution in [1.82, 2.24) is 4.90 Å². The lowest BCUT2D eigenvalue weighted by Gasteiger charge is -2.39. The van der Waals surface area contributed by atoms with E-state index in [0.717, 1.165) is 0 Å². The van der Waals surface area contributed by atoms with Crippen molar-refractivity contribution < 1.29 is 15.0 Å². The summed E-state index contributed by atoms with van der Waals surface area (Å²) in [5, 5.41) is 18.5. The van der Waals surface area contributed by atoms with Gasteiger partial charge in [-0.15, -0.1) is 11.6 Å². The third-order valence-electron chi connectivity index (χ3n) is 3.37. The zero-order chi connectivity index (χ0) is 12.0. The topological polar surface area (TPSA) is 60.8 Å². The van der Waals surface area contributed by atoms with E-state index in [-0.39, 0.29) is 24.5 Å². The Balaban J connectivity index is 2.39. The Hall–Kier alpha value is -0.320. The van der Waals surface area contributed by atoms with Crippen LogP contribution in [0.3, 0.4) is 0 Å². The van der Waals surface area contributed by atoms with Gasteiger partial charge in [-0.3, -0.25) is 4.79 Å². The molecule has 0 aromatic rings. The summed E-state index contributed by atoms with van der Waals surface area (Å²) in [5.74, 6) is 0.640. The highest BCUT2D eigenvalue weighted by Crippen LogP contribution is 2.30. The smallest absolute Gasteiger partial charge is 0.222 e. The first-order valence-corrected chi connectivity index (χ1v) is 6.26. The molecule has 16 heavy (non-hydrogen) atoms. The van der Waals surface area contributed by atoms with Crippen LogP contribution in [-0.4, -0.2) is 53.2 Å². The fourth-order valence-corrected chi connectivity index (χ4v) is 2.11. The van der Waals surface area contributed by atoms with Gasteiger partial charge in [-0.25, -0.2) is 0 Å². The van der Waals surface area contributed by atoms with E-state index in [0.29, 0.717) is 44.7 Å². The van der Waals surface area contributed by atoms with Gasteiger partial charge in [0.2, 0.25) is 5.91 Å². The summed E-state index contributed by atoms with van der Waals surface area (Å²) in [6.07, 6.45) is 2.55. The van der Waals surface area contributed by atoms with E-state index in [1.54, 1.807) is 4.90 Å². The predicted molar refractivity (Wildman–Crippen MR) is 62.4 cm³/mol. The number of alkyl halides is 1. The van der Waals surface area contributed by atoms with Crippen LogP contribution in [0.25, 0.3) is 0 Å². The summed E-state index contributed by atoms with van der Waals surface area (Å²) in [6.45, 7) is 1.24. The van der Waals surface area contributed by atoms with Crippen molar-refractivity contribution >= 4 is 17.5 Å². The van der Waals surface area contributed by atoms with Gasteiger partial charge >= 0.3 is 0 Å². The highest BCUT2D eigenvalue weighted by atomic mass is 35.5. The molecule has 0 aromatic carbocycles. The van der Waals surface area contributed by atoms with Gasteiger partial charge in [0.1, 0.15) is 0 Å². The molecule has 0 saturated carbocycles.